The van der Waals surface area contributed by atoms with Gasteiger partial charge < -0.3 is 5.11 Å². The van der Waals surface area contributed by atoms with Crippen LogP contribution in [0.15, 0.2) is 95.6 Å². The molecule has 0 unspecified atom stereocenters. The van der Waals surface area contributed by atoms with Crippen molar-refractivity contribution < 1.29 is 9.90 Å². The van der Waals surface area contributed by atoms with E-state index in [4.69, 9.17) is 0 Å². The number of carbonyl (C=O) groups excluding carboxylic acids is 1. The highest BCUT2D eigenvalue weighted by Crippen LogP contribution is 2.45. The van der Waals surface area contributed by atoms with E-state index in [1.54, 1.807) is 0 Å². The molecule has 0 aromatic heterocycles. The summed E-state index contributed by atoms with van der Waals surface area (Å²) in [6.45, 7) is 19.1. The van der Waals surface area contributed by atoms with Crippen molar-refractivity contribution >= 4 is 11.4 Å². The number of carbonyl (C=O) groups is 1. The third-order valence-corrected chi connectivity index (χ3v) is 8.69. The molecular formula is C42H52O2. The molecule has 0 fully saturated rings. The van der Waals surface area contributed by atoms with Crippen LogP contribution >= 0.6 is 0 Å². The van der Waals surface area contributed by atoms with Gasteiger partial charge in [-0.15, -0.1) is 0 Å². The van der Waals surface area contributed by atoms with Crippen LogP contribution in [0.5, 0.6) is 5.75 Å². The average Bonchev–Trinajstić information content (AvgIpc) is 2.96. The number of hydrogen-bond donors (Lipinski definition) is 1. The van der Waals surface area contributed by atoms with Crippen molar-refractivity contribution in [3.8, 4) is 16.9 Å². The summed E-state index contributed by atoms with van der Waals surface area (Å²) in [6.07, 6.45) is 10.2. The largest absolute Gasteiger partial charge is 0.507 e. The fraction of sp³-hybridized carbons (Fsp3) is 0.405. The van der Waals surface area contributed by atoms with Gasteiger partial charge in [-0.25, -0.2) is 0 Å². The minimum Gasteiger partial charge on any atom is -0.507 e. The zero-order valence-electron chi connectivity index (χ0n) is 28.5. The van der Waals surface area contributed by atoms with Crippen molar-refractivity contribution in [1.29, 1.82) is 0 Å². The standard InChI is InChI=1S/C42H52O2/c1-10-11-12-14-17-29-20-22-31(23-21-29)38(33-26-36(41(4,5)6)40(44)37(27-33)42(7,8)9)35-25-32(30-18-15-13-16-19-30)24-34(28(2)3)39(35)43/h13,15-16,18-28,43H,10-12,14,17H2,1-9H3. The predicted octanol–water partition coefficient (Wildman–Crippen LogP) is 11.6. The van der Waals surface area contributed by atoms with Crippen LogP contribution in [0.1, 0.15) is 116 Å². The number of benzene rings is 3. The quantitative estimate of drug-likeness (QED) is 0.252. The third kappa shape index (κ3) is 7.52. The second-order valence-corrected chi connectivity index (χ2v) is 14.8. The zero-order valence-corrected chi connectivity index (χ0v) is 28.5. The lowest BCUT2D eigenvalue weighted by Crippen LogP contribution is -2.28. The first kappa shape index (κ1) is 33.2. The number of hydrogen-bond acceptors (Lipinski definition) is 2. The van der Waals surface area contributed by atoms with Crippen LogP contribution < -0.4 is 0 Å². The molecular weight excluding hydrogens is 536 g/mol. The van der Waals surface area contributed by atoms with E-state index in [-0.39, 0.29) is 22.5 Å². The summed E-state index contributed by atoms with van der Waals surface area (Å²) in [5.41, 5.74) is 9.10. The van der Waals surface area contributed by atoms with Crippen LogP contribution in [-0.2, 0) is 11.2 Å². The van der Waals surface area contributed by atoms with Crippen LogP contribution in [0, 0.1) is 10.8 Å². The first-order chi connectivity index (χ1) is 20.7. The number of rotatable bonds is 9. The number of allylic oxidation sites excluding steroid dienone is 5. The van der Waals surface area contributed by atoms with Crippen molar-refractivity contribution in [2.45, 2.75) is 100 Å². The lowest BCUT2D eigenvalue weighted by molar-refractivity contribution is -0.114. The molecule has 2 heteroatoms. The topological polar surface area (TPSA) is 37.3 Å². The molecule has 0 aliphatic heterocycles. The van der Waals surface area contributed by atoms with Gasteiger partial charge in [-0.05, 0) is 92.8 Å². The molecule has 232 valence electrons. The van der Waals surface area contributed by atoms with Gasteiger partial charge in [0.1, 0.15) is 5.75 Å². The molecule has 0 saturated carbocycles. The molecule has 3 aromatic carbocycles. The second-order valence-electron chi connectivity index (χ2n) is 14.8. The Bertz CT molecular complexity index is 1530. The molecule has 2 nitrogen and oxygen atoms in total. The van der Waals surface area contributed by atoms with Crippen LogP contribution in [-0.4, -0.2) is 10.9 Å². The van der Waals surface area contributed by atoms with E-state index in [0.717, 1.165) is 56.5 Å². The molecule has 0 radical (unpaired) electrons. The third-order valence-electron chi connectivity index (χ3n) is 8.69. The number of phenols is 1. The van der Waals surface area contributed by atoms with Gasteiger partial charge in [0.25, 0.3) is 0 Å². The summed E-state index contributed by atoms with van der Waals surface area (Å²) in [4.78, 5) is 13.9. The Kier molecular flexibility index (Phi) is 10.2. The smallest absolute Gasteiger partial charge is 0.186 e. The lowest BCUT2D eigenvalue weighted by atomic mass is 9.71. The molecule has 4 rings (SSSR count). The number of ketones is 1. The molecule has 0 bridgehead atoms. The number of phenolic OH excluding ortho intramolecular Hbond substituents is 1. The van der Waals surface area contributed by atoms with E-state index in [2.05, 4.69) is 135 Å². The molecule has 0 atom stereocenters. The van der Waals surface area contributed by atoms with Crippen LogP contribution in [0.25, 0.3) is 16.7 Å². The molecule has 1 aliphatic rings. The summed E-state index contributed by atoms with van der Waals surface area (Å²) in [7, 11) is 0. The Labute approximate surface area is 266 Å². The van der Waals surface area contributed by atoms with Crippen molar-refractivity contribution in [3.05, 3.63) is 118 Å². The van der Waals surface area contributed by atoms with Crippen LogP contribution in [0.3, 0.4) is 0 Å². The highest BCUT2D eigenvalue weighted by Gasteiger charge is 2.35. The Morgan fingerprint density at radius 3 is 1.86 bits per heavy atom. The molecule has 44 heavy (non-hydrogen) atoms. The monoisotopic (exact) mass is 588 g/mol. The molecule has 1 aliphatic carbocycles. The normalized spacial score (nSPS) is 14.1. The maximum absolute atomic E-state index is 13.9. The fourth-order valence-corrected chi connectivity index (χ4v) is 6.04. The summed E-state index contributed by atoms with van der Waals surface area (Å²) in [5, 5.41) is 12.0. The predicted molar refractivity (Wildman–Crippen MR) is 188 cm³/mol. The van der Waals surface area contributed by atoms with Crippen LogP contribution in [0.2, 0.25) is 0 Å². The van der Waals surface area contributed by atoms with Gasteiger partial charge in [-0.2, -0.15) is 0 Å². The van der Waals surface area contributed by atoms with Gasteiger partial charge in [-0.1, -0.05) is 136 Å². The molecule has 0 saturated heterocycles. The zero-order chi connectivity index (χ0) is 32.2. The van der Waals surface area contributed by atoms with Gasteiger partial charge in [0, 0.05) is 16.7 Å². The van der Waals surface area contributed by atoms with E-state index >= 15 is 0 Å². The first-order valence-electron chi connectivity index (χ1n) is 16.5. The molecule has 0 heterocycles. The summed E-state index contributed by atoms with van der Waals surface area (Å²) in [6, 6.07) is 23.5. The Morgan fingerprint density at radius 1 is 0.750 bits per heavy atom. The van der Waals surface area contributed by atoms with E-state index in [1.807, 2.05) is 6.07 Å². The second kappa shape index (κ2) is 13.6. The fourth-order valence-electron chi connectivity index (χ4n) is 6.04. The average molecular weight is 589 g/mol. The highest BCUT2D eigenvalue weighted by atomic mass is 16.3. The maximum Gasteiger partial charge on any atom is 0.186 e. The molecule has 0 amide bonds. The van der Waals surface area contributed by atoms with Crippen LogP contribution in [0.4, 0.5) is 0 Å². The Morgan fingerprint density at radius 2 is 1.34 bits per heavy atom. The number of aryl methyl sites for hydroxylation is 1. The summed E-state index contributed by atoms with van der Waals surface area (Å²) >= 11 is 0. The van der Waals surface area contributed by atoms with E-state index in [0.29, 0.717) is 5.75 Å². The van der Waals surface area contributed by atoms with Gasteiger partial charge >= 0.3 is 0 Å². The van der Waals surface area contributed by atoms with Crippen molar-refractivity contribution in [2.75, 3.05) is 0 Å². The molecule has 3 aromatic rings. The van der Waals surface area contributed by atoms with Crippen molar-refractivity contribution in [1.82, 2.24) is 0 Å². The van der Waals surface area contributed by atoms with Gasteiger partial charge in [0.15, 0.2) is 5.78 Å². The Hall–Kier alpha value is -3.65. The van der Waals surface area contributed by atoms with Crippen molar-refractivity contribution in [3.63, 3.8) is 0 Å². The van der Waals surface area contributed by atoms with E-state index in [1.165, 1.54) is 31.2 Å². The molecule has 1 N–H and O–H groups in total. The number of unbranched alkanes of at least 4 members (excludes halogenated alkanes) is 3. The first-order valence-corrected chi connectivity index (χ1v) is 16.5. The van der Waals surface area contributed by atoms with Crippen molar-refractivity contribution in [2.24, 2.45) is 10.8 Å². The minimum absolute atomic E-state index is 0.112. The number of aromatic hydroxyl groups is 1. The number of Topliss-reactive ketones (excluding diaryl/α,β-unsaturated/α-hetero) is 1. The highest BCUT2D eigenvalue weighted by molar-refractivity contribution is 6.13. The molecule has 0 spiro atoms. The van der Waals surface area contributed by atoms with E-state index < -0.39 is 0 Å². The SMILES string of the molecule is CCCCCCc1ccc(C(=C2C=C(C(C)(C)C)C(=O)C(C(C)(C)C)=C2)c2cc(-c3ccccc3)cc(C(C)C)c2O)cc1. The van der Waals surface area contributed by atoms with Gasteiger partial charge in [0.2, 0.25) is 0 Å². The van der Waals surface area contributed by atoms with Gasteiger partial charge in [0.05, 0.1) is 0 Å². The summed E-state index contributed by atoms with van der Waals surface area (Å²) in [5.74, 6) is 0.545. The lowest BCUT2D eigenvalue weighted by Gasteiger charge is -2.32. The van der Waals surface area contributed by atoms with E-state index in [9.17, 15) is 9.90 Å². The summed E-state index contributed by atoms with van der Waals surface area (Å²) < 4.78 is 0. The minimum atomic E-state index is -0.336. The maximum atomic E-state index is 13.9. The Balaban J connectivity index is 2.05. The van der Waals surface area contributed by atoms with Gasteiger partial charge in [-0.3, -0.25) is 4.79 Å².